The molecule has 0 aliphatic heterocycles. The Balaban J connectivity index is 2.11. The first-order valence-electron chi connectivity index (χ1n) is 5.21. The molecule has 5 heteroatoms. The molecule has 2 aromatic rings. The van der Waals surface area contributed by atoms with E-state index in [1.165, 1.54) is 0 Å². The first-order valence-corrected chi connectivity index (χ1v) is 5.61. The predicted octanol–water partition coefficient (Wildman–Crippen LogP) is 2.23. The van der Waals surface area contributed by atoms with Gasteiger partial charge in [-0.15, -0.1) is 0 Å². The molecule has 0 aliphatic carbocycles. The maximum Gasteiger partial charge on any atom is 0.124 e. The molecule has 88 valence electrons. The van der Waals surface area contributed by atoms with Crippen LogP contribution in [0.1, 0.15) is 17.2 Å². The summed E-state index contributed by atoms with van der Waals surface area (Å²) in [5.74, 6) is 1.75. The third-order valence-electron chi connectivity index (χ3n) is 2.29. The number of nitrogens with two attached hydrogens (primary N) is 1. The minimum Gasteiger partial charge on any atom is -0.465 e. The molecule has 0 atom stereocenters. The normalized spacial score (nSPS) is 10.2. The largest absolute Gasteiger partial charge is 0.465 e. The van der Waals surface area contributed by atoms with E-state index in [2.05, 4.69) is 10.3 Å². The molecule has 0 aliphatic rings. The average molecular weight is 247 g/mol. The van der Waals surface area contributed by atoms with Crippen LogP contribution in [0.2, 0.25) is 0 Å². The zero-order valence-electron chi connectivity index (χ0n) is 9.43. The van der Waals surface area contributed by atoms with E-state index in [4.69, 9.17) is 22.4 Å². The first-order chi connectivity index (χ1) is 8.16. The highest BCUT2D eigenvalue weighted by Gasteiger charge is 2.06. The summed E-state index contributed by atoms with van der Waals surface area (Å²) >= 11 is 4.94. The number of hydrogen-bond acceptors (Lipinski definition) is 4. The van der Waals surface area contributed by atoms with E-state index in [1.807, 2.05) is 31.2 Å². The number of rotatable bonds is 4. The molecule has 0 radical (unpaired) electrons. The highest BCUT2D eigenvalue weighted by Crippen LogP contribution is 2.14. The Morgan fingerprint density at radius 3 is 2.94 bits per heavy atom. The lowest BCUT2D eigenvalue weighted by Crippen LogP contribution is -2.14. The van der Waals surface area contributed by atoms with Crippen molar-refractivity contribution in [2.45, 2.75) is 13.5 Å². The van der Waals surface area contributed by atoms with Crippen molar-refractivity contribution in [1.82, 2.24) is 4.98 Å². The van der Waals surface area contributed by atoms with Crippen LogP contribution in [-0.4, -0.2) is 9.97 Å². The molecule has 3 N–H and O–H groups in total. The number of thiocarbonyl (C=S) groups is 1. The summed E-state index contributed by atoms with van der Waals surface area (Å²) in [6, 6.07) is 7.57. The molecular formula is C12H13N3OS. The van der Waals surface area contributed by atoms with Crippen molar-refractivity contribution in [3.8, 4) is 0 Å². The van der Waals surface area contributed by atoms with Crippen LogP contribution in [0.5, 0.6) is 0 Å². The maximum atomic E-state index is 5.59. The molecular weight excluding hydrogens is 234 g/mol. The molecule has 0 bridgehead atoms. The van der Waals surface area contributed by atoms with E-state index in [-0.39, 0.29) is 4.99 Å². The fourth-order valence-corrected chi connectivity index (χ4v) is 1.67. The van der Waals surface area contributed by atoms with Crippen molar-refractivity contribution in [3.63, 3.8) is 0 Å². The van der Waals surface area contributed by atoms with Gasteiger partial charge in [0.2, 0.25) is 0 Å². The number of nitrogens with zero attached hydrogens (tertiary/aromatic N) is 1. The lowest BCUT2D eigenvalue weighted by molar-refractivity contribution is 0.490. The van der Waals surface area contributed by atoms with Crippen LogP contribution in [-0.2, 0) is 6.54 Å². The lowest BCUT2D eigenvalue weighted by atomic mass is 10.3. The van der Waals surface area contributed by atoms with Crippen molar-refractivity contribution in [3.05, 3.63) is 47.7 Å². The summed E-state index contributed by atoms with van der Waals surface area (Å²) in [5.41, 5.74) is 7.01. The van der Waals surface area contributed by atoms with Crippen LogP contribution >= 0.6 is 12.2 Å². The predicted molar refractivity (Wildman–Crippen MR) is 70.9 cm³/mol. The molecule has 4 nitrogen and oxygen atoms in total. The van der Waals surface area contributed by atoms with Crippen molar-refractivity contribution < 1.29 is 4.42 Å². The van der Waals surface area contributed by atoms with Crippen molar-refractivity contribution in [2.75, 3.05) is 5.32 Å². The summed E-state index contributed by atoms with van der Waals surface area (Å²) in [6.07, 6.45) is 1.66. The molecule has 0 saturated carbocycles. The Hall–Kier alpha value is -1.88. The Bertz CT molecular complexity index is 536. The zero-order chi connectivity index (χ0) is 12.3. The summed E-state index contributed by atoms with van der Waals surface area (Å²) in [5, 5.41) is 3.20. The number of hydrogen-bond donors (Lipinski definition) is 2. The summed E-state index contributed by atoms with van der Waals surface area (Å²) in [4.78, 5) is 4.42. The number of aryl methyl sites for hydroxylation is 1. The van der Waals surface area contributed by atoms with E-state index in [0.29, 0.717) is 12.2 Å². The Morgan fingerprint density at radius 1 is 1.47 bits per heavy atom. The molecule has 2 heterocycles. The van der Waals surface area contributed by atoms with Crippen LogP contribution in [0.25, 0.3) is 0 Å². The summed E-state index contributed by atoms with van der Waals surface area (Å²) < 4.78 is 5.46. The van der Waals surface area contributed by atoms with Gasteiger partial charge in [0.15, 0.2) is 0 Å². The number of aromatic nitrogens is 1. The SMILES string of the molecule is Cc1ccc(CNc2cccnc2C(N)=S)o1. The Labute approximate surface area is 105 Å². The van der Waals surface area contributed by atoms with Gasteiger partial charge < -0.3 is 15.5 Å². The first kappa shape index (κ1) is 11.6. The van der Waals surface area contributed by atoms with E-state index in [9.17, 15) is 0 Å². The Kier molecular flexibility index (Phi) is 3.39. The van der Waals surface area contributed by atoms with Gasteiger partial charge in [-0.2, -0.15) is 0 Å². The summed E-state index contributed by atoms with van der Waals surface area (Å²) in [7, 11) is 0. The Morgan fingerprint density at radius 2 is 2.29 bits per heavy atom. The number of pyridine rings is 1. The lowest BCUT2D eigenvalue weighted by Gasteiger charge is -2.08. The molecule has 0 saturated heterocycles. The molecule has 0 unspecified atom stereocenters. The summed E-state index contributed by atoms with van der Waals surface area (Å²) in [6.45, 7) is 2.49. The topological polar surface area (TPSA) is 64.1 Å². The quantitative estimate of drug-likeness (QED) is 0.811. The molecule has 0 spiro atoms. The van der Waals surface area contributed by atoms with Gasteiger partial charge in [-0.3, -0.25) is 4.98 Å². The van der Waals surface area contributed by atoms with Gasteiger partial charge in [0.05, 0.1) is 12.2 Å². The molecule has 2 aromatic heterocycles. The van der Waals surface area contributed by atoms with Crippen LogP contribution in [0.3, 0.4) is 0 Å². The van der Waals surface area contributed by atoms with Crippen molar-refractivity contribution in [2.24, 2.45) is 5.73 Å². The smallest absolute Gasteiger partial charge is 0.124 e. The van der Waals surface area contributed by atoms with Crippen molar-refractivity contribution >= 4 is 22.9 Å². The highest BCUT2D eigenvalue weighted by atomic mass is 32.1. The number of anilines is 1. The zero-order valence-corrected chi connectivity index (χ0v) is 10.3. The van der Waals surface area contributed by atoms with Gasteiger partial charge in [0.1, 0.15) is 22.2 Å². The number of nitrogens with one attached hydrogen (secondary N) is 1. The monoisotopic (exact) mass is 247 g/mol. The van der Waals surface area contributed by atoms with Gasteiger partial charge in [0, 0.05) is 6.20 Å². The van der Waals surface area contributed by atoms with Gasteiger partial charge in [-0.25, -0.2) is 0 Å². The third kappa shape index (κ3) is 2.82. The highest BCUT2D eigenvalue weighted by molar-refractivity contribution is 7.80. The van der Waals surface area contributed by atoms with E-state index in [0.717, 1.165) is 17.2 Å². The fraction of sp³-hybridized carbons (Fsp3) is 0.167. The average Bonchev–Trinajstić information content (AvgIpc) is 2.73. The van der Waals surface area contributed by atoms with Crippen molar-refractivity contribution in [1.29, 1.82) is 0 Å². The van der Waals surface area contributed by atoms with Gasteiger partial charge in [-0.1, -0.05) is 12.2 Å². The second kappa shape index (κ2) is 4.97. The van der Waals surface area contributed by atoms with Gasteiger partial charge in [-0.05, 0) is 31.2 Å². The standard InChI is InChI=1S/C12H13N3OS/c1-8-4-5-9(16-8)7-15-10-3-2-6-14-11(10)12(13)17/h2-6,15H,7H2,1H3,(H2,13,17). The third-order valence-corrected chi connectivity index (χ3v) is 2.48. The molecule has 0 amide bonds. The second-order valence-electron chi connectivity index (χ2n) is 3.63. The van der Waals surface area contributed by atoms with Crippen LogP contribution in [0, 0.1) is 6.92 Å². The number of furan rings is 1. The minimum absolute atomic E-state index is 0.281. The van der Waals surface area contributed by atoms with Crippen LogP contribution in [0.15, 0.2) is 34.9 Å². The second-order valence-corrected chi connectivity index (χ2v) is 4.07. The fourth-order valence-electron chi connectivity index (χ4n) is 1.51. The molecule has 2 rings (SSSR count). The van der Waals surface area contributed by atoms with Gasteiger partial charge in [0.25, 0.3) is 0 Å². The van der Waals surface area contributed by atoms with Crippen LogP contribution in [0.4, 0.5) is 5.69 Å². The van der Waals surface area contributed by atoms with Gasteiger partial charge >= 0.3 is 0 Å². The van der Waals surface area contributed by atoms with E-state index >= 15 is 0 Å². The molecule has 0 aromatic carbocycles. The van der Waals surface area contributed by atoms with E-state index < -0.39 is 0 Å². The molecule has 0 fully saturated rings. The minimum atomic E-state index is 0.281. The molecule has 17 heavy (non-hydrogen) atoms. The van der Waals surface area contributed by atoms with Crippen LogP contribution < -0.4 is 11.1 Å². The maximum absolute atomic E-state index is 5.59. The van der Waals surface area contributed by atoms with E-state index in [1.54, 1.807) is 6.20 Å².